The SMILES string of the molecule is O=S1(=O)Oc2c(I)ccc(I)c2S(=O)(=O)Oc2ccccc21. The second kappa shape index (κ2) is 5.49. The molecule has 1 aliphatic rings. The topological polar surface area (TPSA) is 86.7 Å². The minimum atomic E-state index is -4.22. The molecule has 0 atom stereocenters. The van der Waals surface area contributed by atoms with Crippen LogP contribution in [0.15, 0.2) is 46.2 Å². The molecule has 116 valence electrons. The van der Waals surface area contributed by atoms with E-state index in [4.69, 9.17) is 8.37 Å². The molecular formula is C12H6I2O6S2. The summed E-state index contributed by atoms with van der Waals surface area (Å²) in [5.74, 6) is -0.537. The second-order valence-electron chi connectivity index (χ2n) is 4.21. The molecule has 0 N–H and O–H groups in total. The Morgan fingerprint density at radius 2 is 1.41 bits per heavy atom. The van der Waals surface area contributed by atoms with Crippen molar-refractivity contribution in [2.24, 2.45) is 0 Å². The monoisotopic (exact) mass is 564 g/mol. The third-order valence-corrected chi connectivity index (χ3v) is 7.46. The van der Waals surface area contributed by atoms with Gasteiger partial charge in [-0.2, -0.15) is 16.8 Å². The maximum Gasteiger partial charge on any atom is 0.344 e. The maximum atomic E-state index is 12.5. The van der Waals surface area contributed by atoms with Crippen LogP contribution in [0.25, 0.3) is 0 Å². The van der Waals surface area contributed by atoms with Crippen LogP contribution >= 0.6 is 45.2 Å². The molecule has 1 heterocycles. The molecule has 0 aliphatic carbocycles. The lowest BCUT2D eigenvalue weighted by Gasteiger charge is -2.19. The van der Waals surface area contributed by atoms with Gasteiger partial charge in [0.1, 0.15) is 4.90 Å². The molecule has 0 unspecified atom stereocenters. The fourth-order valence-electron chi connectivity index (χ4n) is 1.87. The van der Waals surface area contributed by atoms with E-state index in [0.717, 1.165) is 0 Å². The number of halogens is 2. The third kappa shape index (κ3) is 2.69. The Labute approximate surface area is 154 Å². The van der Waals surface area contributed by atoms with Crippen molar-refractivity contribution in [1.29, 1.82) is 0 Å². The van der Waals surface area contributed by atoms with Gasteiger partial charge in [-0.3, -0.25) is 0 Å². The average Bonchev–Trinajstić information content (AvgIpc) is 2.41. The molecule has 0 aromatic heterocycles. The minimum Gasteiger partial charge on any atom is -0.377 e. The first-order valence-electron chi connectivity index (χ1n) is 5.68. The van der Waals surface area contributed by atoms with E-state index in [1.54, 1.807) is 34.7 Å². The lowest BCUT2D eigenvalue weighted by molar-refractivity contribution is 0.441. The van der Waals surface area contributed by atoms with Crippen LogP contribution in [0.1, 0.15) is 0 Å². The highest BCUT2D eigenvalue weighted by atomic mass is 127. The molecule has 0 bridgehead atoms. The van der Waals surface area contributed by atoms with Gasteiger partial charge in [-0.1, -0.05) is 12.1 Å². The number of benzene rings is 2. The molecule has 0 amide bonds. The van der Waals surface area contributed by atoms with Gasteiger partial charge in [0.2, 0.25) is 0 Å². The molecule has 0 saturated carbocycles. The largest absolute Gasteiger partial charge is 0.377 e. The van der Waals surface area contributed by atoms with Gasteiger partial charge in [-0.15, -0.1) is 0 Å². The standard InChI is InChI=1S/C12H6I2O6S2/c13-7-5-6-8(14)12-11(7)20-21(15,16)10-4-2-1-3-9(10)19-22(12,17)18/h1-6H. The summed E-state index contributed by atoms with van der Waals surface area (Å²) in [7, 11) is -8.42. The number of rotatable bonds is 0. The smallest absolute Gasteiger partial charge is 0.344 e. The number of fused-ring (bicyclic) bond motifs is 2. The van der Waals surface area contributed by atoms with Crippen LogP contribution in [-0.4, -0.2) is 16.8 Å². The summed E-state index contributed by atoms with van der Waals surface area (Å²) in [4.78, 5) is -0.628. The highest BCUT2D eigenvalue weighted by Crippen LogP contribution is 2.40. The van der Waals surface area contributed by atoms with Crippen LogP contribution in [0.3, 0.4) is 0 Å². The summed E-state index contributed by atoms with van der Waals surface area (Å²) < 4.78 is 60.5. The van der Waals surface area contributed by atoms with Crippen molar-refractivity contribution in [3.8, 4) is 11.5 Å². The zero-order valence-corrected chi connectivity index (χ0v) is 16.4. The van der Waals surface area contributed by atoms with Crippen LogP contribution in [-0.2, 0) is 20.2 Å². The van der Waals surface area contributed by atoms with Gasteiger partial charge in [0.25, 0.3) is 0 Å². The van der Waals surface area contributed by atoms with E-state index in [1.165, 1.54) is 24.3 Å². The first-order valence-corrected chi connectivity index (χ1v) is 10.7. The predicted molar refractivity (Wildman–Crippen MR) is 93.9 cm³/mol. The number of hydrogen-bond donors (Lipinski definition) is 0. The Morgan fingerprint density at radius 3 is 2.14 bits per heavy atom. The van der Waals surface area contributed by atoms with Crippen molar-refractivity contribution >= 4 is 65.4 Å². The van der Waals surface area contributed by atoms with Crippen molar-refractivity contribution in [2.45, 2.75) is 9.79 Å². The Balaban J connectivity index is 2.41. The molecule has 1 aliphatic heterocycles. The lowest BCUT2D eigenvalue weighted by atomic mass is 10.3. The first-order chi connectivity index (χ1) is 10.2. The normalized spacial score (nSPS) is 17.9. The minimum absolute atomic E-state index is 0.248. The number of para-hydroxylation sites is 1. The molecule has 2 aromatic rings. The van der Waals surface area contributed by atoms with Gasteiger partial charge in [0.15, 0.2) is 16.4 Å². The van der Waals surface area contributed by atoms with Crippen LogP contribution in [0.4, 0.5) is 0 Å². The van der Waals surface area contributed by atoms with E-state index in [0.29, 0.717) is 7.14 Å². The predicted octanol–water partition coefficient (Wildman–Crippen LogP) is 2.74. The Kier molecular flexibility index (Phi) is 4.06. The molecule has 0 spiro atoms. The van der Waals surface area contributed by atoms with Crippen molar-refractivity contribution < 1.29 is 25.2 Å². The van der Waals surface area contributed by atoms with Gasteiger partial charge < -0.3 is 8.37 Å². The van der Waals surface area contributed by atoms with Crippen LogP contribution in [0.2, 0.25) is 0 Å². The zero-order chi connectivity index (χ0) is 16.1. The quantitative estimate of drug-likeness (QED) is 0.362. The molecule has 0 fully saturated rings. The van der Waals surface area contributed by atoms with Gasteiger partial charge in [0, 0.05) is 3.57 Å². The van der Waals surface area contributed by atoms with Crippen molar-refractivity contribution in [3.63, 3.8) is 0 Å². The molecule has 6 nitrogen and oxygen atoms in total. The summed E-state index contributed by atoms with van der Waals surface area (Å²) in [6.07, 6.45) is 0. The van der Waals surface area contributed by atoms with Crippen molar-refractivity contribution in [2.75, 3.05) is 0 Å². The molecule has 0 saturated heterocycles. The van der Waals surface area contributed by atoms with E-state index in [1.807, 2.05) is 22.6 Å². The highest BCUT2D eigenvalue weighted by molar-refractivity contribution is 14.1. The second-order valence-corrected chi connectivity index (χ2v) is 9.53. The summed E-state index contributed by atoms with van der Waals surface area (Å²) >= 11 is 3.60. The van der Waals surface area contributed by atoms with E-state index in [9.17, 15) is 16.8 Å². The highest BCUT2D eigenvalue weighted by Gasteiger charge is 2.35. The van der Waals surface area contributed by atoms with E-state index >= 15 is 0 Å². The van der Waals surface area contributed by atoms with Crippen LogP contribution in [0, 0.1) is 7.14 Å². The molecule has 22 heavy (non-hydrogen) atoms. The third-order valence-electron chi connectivity index (χ3n) is 2.78. The molecule has 10 heteroatoms. The Hall–Kier alpha value is -0.600. The van der Waals surface area contributed by atoms with Crippen molar-refractivity contribution in [1.82, 2.24) is 0 Å². The van der Waals surface area contributed by atoms with Crippen LogP contribution < -0.4 is 8.37 Å². The summed E-state index contributed by atoms with van der Waals surface area (Å²) in [5, 5.41) is 0. The number of hydrogen-bond acceptors (Lipinski definition) is 6. The summed E-state index contributed by atoms with van der Waals surface area (Å²) in [6.45, 7) is 0. The lowest BCUT2D eigenvalue weighted by Crippen LogP contribution is -2.22. The molecule has 3 rings (SSSR count). The van der Waals surface area contributed by atoms with Gasteiger partial charge >= 0.3 is 20.2 Å². The summed E-state index contributed by atoms with van der Waals surface area (Å²) in [5.41, 5.74) is 0. The van der Waals surface area contributed by atoms with E-state index in [2.05, 4.69) is 0 Å². The fourth-order valence-corrected chi connectivity index (χ4v) is 6.33. The summed E-state index contributed by atoms with van der Waals surface area (Å²) in [6, 6.07) is 8.54. The average molecular weight is 564 g/mol. The molecule has 2 aromatic carbocycles. The molecular weight excluding hydrogens is 558 g/mol. The van der Waals surface area contributed by atoms with E-state index in [-0.39, 0.29) is 21.3 Å². The first kappa shape index (κ1) is 16.3. The Bertz CT molecular complexity index is 983. The van der Waals surface area contributed by atoms with Gasteiger partial charge in [0.05, 0.1) is 3.57 Å². The van der Waals surface area contributed by atoms with E-state index < -0.39 is 20.2 Å². The van der Waals surface area contributed by atoms with Crippen molar-refractivity contribution in [3.05, 3.63) is 43.5 Å². The fraction of sp³-hybridized carbons (Fsp3) is 0. The Morgan fingerprint density at radius 1 is 0.773 bits per heavy atom. The van der Waals surface area contributed by atoms with Crippen LogP contribution in [0.5, 0.6) is 11.5 Å². The van der Waals surface area contributed by atoms with Gasteiger partial charge in [-0.25, -0.2) is 0 Å². The maximum absolute atomic E-state index is 12.5. The van der Waals surface area contributed by atoms with Gasteiger partial charge in [-0.05, 0) is 69.4 Å². The molecule has 0 radical (unpaired) electrons. The zero-order valence-electron chi connectivity index (χ0n) is 10.5.